The van der Waals surface area contributed by atoms with Crippen molar-refractivity contribution in [1.29, 1.82) is 0 Å². The van der Waals surface area contributed by atoms with Crippen LogP contribution in [-0.2, 0) is 9.59 Å². The summed E-state index contributed by atoms with van der Waals surface area (Å²) < 4.78 is 0. The molecule has 0 aliphatic heterocycles. The van der Waals surface area contributed by atoms with E-state index in [4.69, 9.17) is 5.11 Å². The molecule has 0 bridgehead atoms. The Balaban J connectivity index is 2.68. The molecule has 4 nitrogen and oxygen atoms in total. The second-order valence-corrected chi connectivity index (χ2v) is 4.04. The average Bonchev–Trinajstić information content (AvgIpc) is 2.66. The molecule has 5 heteroatoms. The molecule has 1 amide bonds. The van der Waals surface area contributed by atoms with Crippen molar-refractivity contribution in [1.82, 2.24) is 5.32 Å². The Bertz CT molecular complexity index is 334. The largest absolute Gasteiger partial charge is 0.481 e. The molecule has 0 aliphatic rings. The highest BCUT2D eigenvalue weighted by Crippen LogP contribution is 2.24. The first kappa shape index (κ1) is 11.7. The summed E-state index contributed by atoms with van der Waals surface area (Å²) in [6.07, 6.45) is 0.00366. The van der Waals surface area contributed by atoms with Crippen LogP contribution >= 0.6 is 11.3 Å². The third-order valence-electron chi connectivity index (χ3n) is 1.95. The third-order valence-corrected chi connectivity index (χ3v) is 2.93. The maximum atomic E-state index is 11.3. The van der Waals surface area contributed by atoms with Gasteiger partial charge >= 0.3 is 5.97 Å². The molecule has 0 aromatic carbocycles. The minimum atomic E-state index is -0.955. The molecular formula is C10H13NO3S. The Morgan fingerprint density at radius 2 is 2.33 bits per heavy atom. The molecule has 1 aromatic rings. The predicted molar refractivity (Wildman–Crippen MR) is 58.0 cm³/mol. The van der Waals surface area contributed by atoms with Crippen molar-refractivity contribution in [2.45, 2.75) is 19.3 Å². The minimum absolute atomic E-state index is 0.00366. The van der Waals surface area contributed by atoms with E-state index < -0.39 is 11.9 Å². The number of carboxylic acid groups (broad SMARTS) is 1. The smallest absolute Gasteiger partial charge is 0.312 e. The average molecular weight is 227 g/mol. The van der Waals surface area contributed by atoms with Gasteiger partial charge in [-0.25, -0.2) is 0 Å². The second-order valence-electron chi connectivity index (χ2n) is 3.06. The lowest BCUT2D eigenvalue weighted by molar-refractivity contribution is -0.140. The van der Waals surface area contributed by atoms with Crippen molar-refractivity contribution in [2.24, 2.45) is 0 Å². The van der Waals surface area contributed by atoms with E-state index >= 15 is 0 Å². The van der Waals surface area contributed by atoms with Crippen LogP contribution < -0.4 is 5.32 Å². The van der Waals surface area contributed by atoms with Gasteiger partial charge in [0.15, 0.2) is 0 Å². The number of thiophene rings is 1. The zero-order valence-electron chi connectivity index (χ0n) is 8.40. The SMILES string of the molecule is CCNC(=O)CC(C(=O)O)c1cccs1. The van der Waals surface area contributed by atoms with E-state index in [2.05, 4.69) is 5.32 Å². The fourth-order valence-corrected chi connectivity index (χ4v) is 2.07. The number of rotatable bonds is 5. The zero-order chi connectivity index (χ0) is 11.3. The van der Waals surface area contributed by atoms with Crippen molar-refractivity contribution in [3.8, 4) is 0 Å². The molecule has 1 aromatic heterocycles. The molecule has 0 aliphatic carbocycles. The number of aliphatic carboxylic acids is 1. The van der Waals surface area contributed by atoms with E-state index in [1.807, 2.05) is 5.38 Å². The first-order valence-corrected chi connectivity index (χ1v) is 5.56. The number of amides is 1. The van der Waals surface area contributed by atoms with Crippen LogP contribution in [0.3, 0.4) is 0 Å². The van der Waals surface area contributed by atoms with Crippen LogP contribution in [0.2, 0.25) is 0 Å². The van der Waals surface area contributed by atoms with Crippen molar-refractivity contribution < 1.29 is 14.7 Å². The molecule has 0 radical (unpaired) electrons. The molecule has 2 N–H and O–H groups in total. The molecule has 1 unspecified atom stereocenters. The molecule has 0 saturated carbocycles. The first-order chi connectivity index (χ1) is 7.15. The van der Waals surface area contributed by atoms with Crippen molar-refractivity contribution >= 4 is 23.2 Å². The lowest BCUT2D eigenvalue weighted by Crippen LogP contribution is -2.26. The second kappa shape index (κ2) is 5.50. The summed E-state index contributed by atoms with van der Waals surface area (Å²) in [7, 11) is 0. The van der Waals surface area contributed by atoms with E-state index in [1.54, 1.807) is 19.1 Å². The Morgan fingerprint density at radius 1 is 1.60 bits per heavy atom. The van der Waals surface area contributed by atoms with E-state index in [0.717, 1.165) is 0 Å². The molecule has 0 spiro atoms. The minimum Gasteiger partial charge on any atom is -0.481 e. The standard InChI is InChI=1S/C10H13NO3S/c1-2-11-9(12)6-7(10(13)14)8-4-3-5-15-8/h3-5,7H,2,6H2,1H3,(H,11,12)(H,13,14). The first-order valence-electron chi connectivity index (χ1n) is 4.68. The van der Waals surface area contributed by atoms with Crippen LogP contribution in [0.15, 0.2) is 17.5 Å². The van der Waals surface area contributed by atoms with Crippen molar-refractivity contribution in [3.05, 3.63) is 22.4 Å². The molecule has 15 heavy (non-hydrogen) atoms. The van der Waals surface area contributed by atoms with Gasteiger partial charge in [0.25, 0.3) is 0 Å². The normalized spacial score (nSPS) is 12.1. The quantitative estimate of drug-likeness (QED) is 0.800. The topological polar surface area (TPSA) is 66.4 Å². The Kier molecular flexibility index (Phi) is 4.30. The van der Waals surface area contributed by atoms with Crippen LogP contribution in [0.1, 0.15) is 24.1 Å². The lowest BCUT2D eigenvalue weighted by atomic mass is 10.0. The van der Waals surface area contributed by atoms with E-state index in [9.17, 15) is 9.59 Å². The number of carbonyl (C=O) groups excluding carboxylic acids is 1. The maximum Gasteiger partial charge on any atom is 0.312 e. The van der Waals surface area contributed by atoms with Crippen molar-refractivity contribution in [3.63, 3.8) is 0 Å². The maximum absolute atomic E-state index is 11.3. The van der Waals surface area contributed by atoms with Crippen molar-refractivity contribution in [2.75, 3.05) is 6.54 Å². The summed E-state index contributed by atoms with van der Waals surface area (Å²) in [6.45, 7) is 2.33. The fourth-order valence-electron chi connectivity index (χ4n) is 1.25. The molecule has 0 fully saturated rings. The fraction of sp³-hybridized carbons (Fsp3) is 0.400. The summed E-state index contributed by atoms with van der Waals surface area (Å²) in [5.41, 5.74) is 0. The highest BCUT2D eigenvalue weighted by atomic mass is 32.1. The molecule has 1 atom stereocenters. The van der Waals surface area contributed by atoms with Gasteiger partial charge in [-0.05, 0) is 18.4 Å². The molecule has 82 valence electrons. The van der Waals surface area contributed by atoms with Gasteiger partial charge in [0.1, 0.15) is 0 Å². The highest BCUT2D eigenvalue weighted by molar-refractivity contribution is 7.10. The molecule has 0 saturated heterocycles. The third kappa shape index (κ3) is 3.36. The Morgan fingerprint density at radius 3 is 2.80 bits per heavy atom. The number of hydrogen-bond donors (Lipinski definition) is 2. The van der Waals surface area contributed by atoms with Crippen LogP contribution in [-0.4, -0.2) is 23.5 Å². The Labute approximate surface area is 91.9 Å². The van der Waals surface area contributed by atoms with Gasteiger partial charge in [0, 0.05) is 17.8 Å². The zero-order valence-corrected chi connectivity index (χ0v) is 9.21. The summed E-state index contributed by atoms with van der Waals surface area (Å²) in [5.74, 6) is -1.90. The van der Waals surface area contributed by atoms with Crippen LogP contribution in [0.4, 0.5) is 0 Å². The number of carbonyl (C=O) groups is 2. The van der Waals surface area contributed by atoms with Gasteiger partial charge < -0.3 is 10.4 Å². The summed E-state index contributed by atoms with van der Waals surface area (Å²) in [6, 6.07) is 3.52. The van der Waals surface area contributed by atoms with Crippen LogP contribution in [0.25, 0.3) is 0 Å². The van der Waals surface area contributed by atoms with Gasteiger partial charge in [-0.1, -0.05) is 6.07 Å². The van der Waals surface area contributed by atoms with Crippen LogP contribution in [0.5, 0.6) is 0 Å². The summed E-state index contributed by atoms with van der Waals surface area (Å²) in [4.78, 5) is 23.0. The summed E-state index contributed by atoms with van der Waals surface area (Å²) >= 11 is 1.36. The van der Waals surface area contributed by atoms with Gasteiger partial charge in [-0.3, -0.25) is 9.59 Å². The number of carboxylic acids is 1. The van der Waals surface area contributed by atoms with Gasteiger partial charge in [-0.15, -0.1) is 11.3 Å². The van der Waals surface area contributed by atoms with E-state index in [0.29, 0.717) is 11.4 Å². The predicted octanol–water partition coefficient (Wildman–Crippen LogP) is 1.44. The lowest BCUT2D eigenvalue weighted by Gasteiger charge is -2.09. The Hall–Kier alpha value is -1.36. The van der Waals surface area contributed by atoms with Gasteiger partial charge in [0.05, 0.1) is 5.92 Å². The number of nitrogens with one attached hydrogen (secondary N) is 1. The monoisotopic (exact) mass is 227 g/mol. The van der Waals surface area contributed by atoms with Crippen LogP contribution in [0, 0.1) is 0 Å². The molecule has 1 heterocycles. The molecular weight excluding hydrogens is 214 g/mol. The van der Waals surface area contributed by atoms with Gasteiger partial charge in [-0.2, -0.15) is 0 Å². The summed E-state index contributed by atoms with van der Waals surface area (Å²) in [5, 5.41) is 13.4. The van der Waals surface area contributed by atoms with Gasteiger partial charge in [0.2, 0.25) is 5.91 Å². The highest BCUT2D eigenvalue weighted by Gasteiger charge is 2.23. The molecule has 1 rings (SSSR count). The van der Waals surface area contributed by atoms with E-state index in [-0.39, 0.29) is 12.3 Å². The number of hydrogen-bond acceptors (Lipinski definition) is 3. The van der Waals surface area contributed by atoms with E-state index in [1.165, 1.54) is 11.3 Å².